The summed E-state index contributed by atoms with van der Waals surface area (Å²) in [5, 5.41) is 134. The van der Waals surface area contributed by atoms with Crippen molar-refractivity contribution in [1.29, 1.82) is 0 Å². The molecule has 676 valence electrons. The predicted octanol–water partition coefficient (Wildman–Crippen LogP) is 17.4. The van der Waals surface area contributed by atoms with Crippen molar-refractivity contribution in [1.82, 2.24) is 0 Å². The van der Waals surface area contributed by atoms with Gasteiger partial charge in [-0.05, 0) is 364 Å². The van der Waals surface area contributed by atoms with Crippen LogP contribution in [0.25, 0.3) is 0 Å². The van der Waals surface area contributed by atoms with Gasteiger partial charge in [-0.15, -0.1) is 0 Å². The fourth-order valence-corrected chi connectivity index (χ4v) is 24.8. The average molecular weight is 1630 g/mol. The lowest BCUT2D eigenvalue weighted by atomic mass is 9.64. The Morgan fingerprint density at radius 2 is 0.365 bits per heavy atom. The summed E-state index contributed by atoms with van der Waals surface area (Å²) < 4.78 is 38.3. The van der Waals surface area contributed by atoms with Crippen LogP contribution in [0.3, 0.4) is 0 Å². The summed E-state index contributed by atoms with van der Waals surface area (Å²) in [6.07, 6.45) is 40.0. The number of ether oxygens (including phenoxy) is 6. The fourth-order valence-electron chi connectivity index (χ4n) is 24.8. The Bertz CT molecular complexity index is 2330. The maximum Gasteiger partial charge on any atom is 0.0676 e. The summed E-state index contributed by atoms with van der Waals surface area (Å²) in [6.45, 7) is 35.0. The lowest BCUT2D eigenvalue weighted by Crippen LogP contribution is -2.49. The standard InChI is InChI=1S/C35H60O6.C35H68O6.C27H52O6/c36-32(10-1-2-11-32)26-20-27(33(37)12-3-4-13-33)23-30(22-26)40-18-9-19-41-31-24-28(34(38)14-5-6-15-34)21-29(25-31)35(39)16-7-8-17-35;1-9-32(36,10-2)26-20-27(33(37,11-3)12-4)23-30(22-26)40-18-17-19-41-31-24-28(34(38,13-5)14-6)21-29(25-31)35(39,15-7)16-8;1-24(2,28)18-12-19(25(3,4)29)15-22(14-18)32-10-9-11-33-23-16-20(26(5,6)30)13-21(17-23)27(7,8)31/h26-31,36-39H,1-25H2;26-31,36-39H,9-25H2,1-8H3;18-23,28-31H,9-17H2,1-8H3. The zero-order valence-electron chi connectivity index (χ0n) is 76.3. The first-order chi connectivity index (χ1) is 53.9. The maximum absolute atomic E-state index is 11.5. The maximum atomic E-state index is 11.5. The molecule has 0 aromatic rings. The Labute approximate surface area is 700 Å². The van der Waals surface area contributed by atoms with Crippen molar-refractivity contribution in [2.75, 3.05) is 39.6 Å². The SMILES string of the molecule is CC(C)(O)C1CC(OCCCOC2CC(C(C)(C)O)CC(C(C)(C)O)C2)CC(C(C)(C)O)C1.CCC(O)(CC)C1CC(OCCCOC2CC(C(O)(CC)CC)CC(C(O)(CC)CC)C2)CC(C(O)(CC)CC)C1.OC1(C2CC(OCCCOC3CC(C4(O)CCCC4)CC(C4(O)CCCC4)C3)CC(C3(O)CCCC3)C2)CCCC1. The van der Waals surface area contributed by atoms with Gasteiger partial charge in [-0.3, -0.25) is 0 Å². The van der Waals surface area contributed by atoms with Gasteiger partial charge in [0.05, 0.1) is 104 Å². The summed E-state index contributed by atoms with van der Waals surface area (Å²) in [6, 6.07) is 0. The molecule has 18 heteroatoms. The van der Waals surface area contributed by atoms with Crippen molar-refractivity contribution in [2.45, 2.75) is 504 Å². The van der Waals surface area contributed by atoms with Crippen LogP contribution in [0.15, 0.2) is 0 Å². The largest absolute Gasteiger partial charge is 0.390 e. The zero-order chi connectivity index (χ0) is 84.7. The Morgan fingerprint density at radius 3 is 0.522 bits per heavy atom. The quantitative estimate of drug-likeness (QED) is 0.0256. The van der Waals surface area contributed by atoms with Crippen LogP contribution in [0.1, 0.15) is 400 Å². The van der Waals surface area contributed by atoms with Gasteiger partial charge in [0.15, 0.2) is 0 Å². The van der Waals surface area contributed by atoms with Gasteiger partial charge in [-0.2, -0.15) is 0 Å². The van der Waals surface area contributed by atoms with Gasteiger partial charge in [0.1, 0.15) is 0 Å². The van der Waals surface area contributed by atoms with Crippen LogP contribution in [-0.2, 0) is 28.4 Å². The summed E-state index contributed by atoms with van der Waals surface area (Å²) in [4.78, 5) is 0. The van der Waals surface area contributed by atoms with Gasteiger partial charge >= 0.3 is 0 Å². The van der Waals surface area contributed by atoms with Gasteiger partial charge in [-0.25, -0.2) is 0 Å². The monoisotopic (exact) mass is 1630 g/mol. The molecule has 0 amide bonds. The van der Waals surface area contributed by atoms with E-state index < -0.39 is 67.2 Å². The number of hydrogen-bond donors (Lipinski definition) is 12. The molecular formula is C97H180O18. The Kier molecular flexibility index (Phi) is 37.3. The van der Waals surface area contributed by atoms with Crippen molar-refractivity contribution in [2.24, 2.45) is 71.0 Å². The molecule has 10 saturated carbocycles. The van der Waals surface area contributed by atoms with E-state index in [9.17, 15) is 61.3 Å². The molecular weight excluding hydrogens is 1450 g/mol. The molecule has 0 saturated heterocycles. The number of rotatable bonds is 38. The average Bonchev–Trinajstić information content (AvgIpc) is 1.71. The Balaban J connectivity index is 0.000000217. The van der Waals surface area contributed by atoms with Crippen molar-refractivity contribution < 1.29 is 89.7 Å². The van der Waals surface area contributed by atoms with E-state index in [2.05, 4.69) is 55.4 Å². The third-order valence-electron chi connectivity index (χ3n) is 33.8. The van der Waals surface area contributed by atoms with Gasteiger partial charge in [0, 0.05) is 39.6 Å². The Hall–Kier alpha value is -0.720. The third kappa shape index (κ3) is 27.2. The van der Waals surface area contributed by atoms with Crippen LogP contribution >= 0.6 is 0 Å². The lowest BCUT2D eigenvalue weighted by molar-refractivity contribution is -0.135. The van der Waals surface area contributed by atoms with Crippen molar-refractivity contribution >= 4 is 0 Å². The molecule has 0 spiro atoms. The second-order valence-electron chi connectivity index (χ2n) is 42.7. The first kappa shape index (κ1) is 99.7. The van der Waals surface area contributed by atoms with Crippen LogP contribution in [0.2, 0.25) is 0 Å². The molecule has 0 aromatic carbocycles. The first-order valence-corrected chi connectivity index (χ1v) is 48.3. The molecule has 12 atom stereocenters. The van der Waals surface area contributed by atoms with Crippen LogP contribution in [0.5, 0.6) is 0 Å². The highest BCUT2D eigenvalue weighted by molar-refractivity contribution is 5.06. The normalized spacial score (nSPS) is 33.8. The van der Waals surface area contributed by atoms with Gasteiger partial charge in [0.2, 0.25) is 0 Å². The summed E-state index contributed by atoms with van der Waals surface area (Å²) in [5.41, 5.74) is -8.28. The van der Waals surface area contributed by atoms with E-state index in [0.717, 1.165) is 289 Å². The molecule has 0 heterocycles. The zero-order valence-corrected chi connectivity index (χ0v) is 76.3. The van der Waals surface area contributed by atoms with Gasteiger partial charge in [0.25, 0.3) is 0 Å². The lowest BCUT2D eigenvalue weighted by Gasteiger charge is -2.47. The Morgan fingerprint density at radius 1 is 0.217 bits per heavy atom. The molecule has 0 aromatic heterocycles. The minimum absolute atomic E-state index is 0.0282. The third-order valence-corrected chi connectivity index (χ3v) is 33.8. The second kappa shape index (κ2) is 43.0. The molecule has 12 N–H and O–H groups in total. The summed E-state index contributed by atoms with van der Waals surface area (Å²) >= 11 is 0. The molecule has 115 heavy (non-hydrogen) atoms. The molecule has 0 aliphatic heterocycles. The van der Waals surface area contributed by atoms with Crippen LogP contribution in [0.4, 0.5) is 0 Å². The second-order valence-corrected chi connectivity index (χ2v) is 42.7. The fraction of sp³-hybridized carbons (Fsp3) is 1.00. The van der Waals surface area contributed by atoms with E-state index in [1.54, 1.807) is 0 Å². The van der Waals surface area contributed by atoms with E-state index in [-0.39, 0.29) is 108 Å². The number of hydrogen-bond acceptors (Lipinski definition) is 18. The van der Waals surface area contributed by atoms with Crippen LogP contribution in [-0.4, -0.2) is 205 Å². The summed E-state index contributed by atoms with van der Waals surface area (Å²) in [7, 11) is 0. The van der Waals surface area contributed by atoms with E-state index in [0.29, 0.717) is 39.6 Å². The highest BCUT2D eigenvalue weighted by Crippen LogP contribution is 2.55. The van der Waals surface area contributed by atoms with Crippen LogP contribution < -0.4 is 0 Å². The molecule has 0 radical (unpaired) electrons. The molecule has 10 aliphatic rings. The van der Waals surface area contributed by atoms with Crippen molar-refractivity contribution in [3.63, 3.8) is 0 Å². The van der Waals surface area contributed by atoms with Gasteiger partial charge in [-0.1, -0.05) is 107 Å². The van der Waals surface area contributed by atoms with E-state index >= 15 is 0 Å². The highest BCUT2D eigenvalue weighted by atomic mass is 16.5. The number of aliphatic hydroxyl groups is 12. The van der Waals surface area contributed by atoms with Crippen molar-refractivity contribution in [3.8, 4) is 0 Å². The molecule has 0 bridgehead atoms. The molecule has 12 unspecified atom stereocenters. The van der Waals surface area contributed by atoms with Crippen LogP contribution in [0, 0.1) is 71.0 Å². The molecule has 10 fully saturated rings. The van der Waals surface area contributed by atoms with E-state index in [1.807, 2.05) is 55.4 Å². The molecule has 10 aliphatic carbocycles. The highest BCUT2D eigenvalue weighted by Gasteiger charge is 2.54. The minimum atomic E-state index is -0.788. The first-order valence-electron chi connectivity index (χ1n) is 48.3. The predicted molar refractivity (Wildman–Crippen MR) is 458 cm³/mol. The topological polar surface area (TPSA) is 298 Å². The van der Waals surface area contributed by atoms with Crippen molar-refractivity contribution in [3.05, 3.63) is 0 Å². The minimum Gasteiger partial charge on any atom is -0.390 e. The summed E-state index contributed by atoms with van der Waals surface area (Å²) in [5.74, 6) is 1.84. The smallest absolute Gasteiger partial charge is 0.0676 e. The van der Waals surface area contributed by atoms with E-state index in [4.69, 9.17) is 28.4 Å². The van der Waals surface area contributed by atoms with E-state index in [1.165, 1.54) is 0 Å². The van der Waals surface area contributed by atoms with Gasteiger partial charge < -0.3 is 89.7 Å². The molecule has 10 rings (SSSR count). The molecule has 18 nitrogen and oxygen atoms in total.